The summed E-state index contributed by atoms with van der Waals surface area (Å²) in [6.07, 6.45) is -1.11. The first-order valence-corrected chi connectivity index (χ1v) is 8.66. The number of urea groups is 1. The number of nitrogens with zero attached hydrogens (tertiary/aromatic N) is 1. The zero-order valence-corrected chi connectivity index (χ0v) is 13.7. The molecule has 7 heteroatoms. The molecule has 24 heavy (non-hydrogen) atoms. The highest BCUT2D eigenvalue weighted by Crippen LogP contribution is 2.32. The van der Waals surface area contributed by atoms with Crippen LogP contribution in [0.4, 0.5) is 29.3 Å². The lowest BCUT2D eigenvalue weighted by atomic mass is 9.85. The highest BCUT2D eigenvalue weighted by molar-refractivity contribution is 7.08. The molecule has 3 rings (SSSR count). The van der Waals surface area contributed by atoms with Crippen LogP contribution in [-0.2, 0) is 6.18 Å². The Balaban J connectivity index is 1.75. The third kappa shape index (κ3) is 3.90. The number of nitrogens with one attached hydrogen (secondary N) is 1. The molecular weight excluding hydrogens is 337 g/mol. The lowest BCUT2D eigenvalue weighted by molar-refractivity contribution is -0.137. The van der Waals surface area contributed by atoms with E-state index in [0.717, 1.165) is 37.1 Å². The number of carbonyl (C=O) groups is 1. The van der Waals surface area contributed by atoms with E-state index in [9.17, 15) is 18.0 Å². The summed E-state index contributed by atoms with van der Waals surface area (Å²) < 4.78 is 38.4. The van der Waals surface area contributed by atoms with Gasteiger partial charge in [0.1, 0.15) is 0 Å². The zero-order chi connectivity index (χ0) is 17.2. The molecule has 0 unspecified atom stereocenters. The summed E-state index contributed by atoms with van der Waals surface area (Å²) in [6.45, 7) is 0.585. The predicted molar refractivity (Wildman–Crippen MR) is 89.5 cm³/mol. The Morgan fingerprint density at radius 2 is 2.08 bits per heavy atom. The maximum absolute atomic E-state index is 12.8. The van der Waals surface area contributed by atoms with Crippen molar-refractivity contribution in [1.82, 2.24) is 0 Å². The van der Waals surface area contributed by atoms with Crippen molar-refractivity contribution in [2.45, 2.75) is 25.4 Å². The minimum absolute atomic E-state index is 0.142. The van der Waals surface area contributed by atoms with Crippen LogP contribution in [0.25, 0.3) is 0 Å². The quantitative estimate of drug-likeness (QED) is 0.761. The molecule has 2 amide bonds. The molecular formula is C17H17F3N2OS. The van der Waals surface area contributed by atoms with Crippen molar-refractivity contribution < 1.29 is 18.0 Å². The number of benzene rings is 1. The number of carbonyl (C=O) groups excluding carboxylic acids is 1. The number of halogens is 3. The van der Waals surface area contributed by atoms with E-state index in [1.165, 1.54) is 23.5 Å². The van der Waals surface area contributed by atoms with Crippen molar-refractivity contribution in [2.24, 2.45) is 5.92 Å². The normalized spacial score (nSPS) is 15.0. The molecule has 0 atom stereocenters. The van der Waals surface area contributed by atoms with E-state index in [4.69, 9.17) is 0 Å². The first-order valence-electron chi connectivity index (χ1n) is 7.71. The van der Waals surface area contributed by atoms with Gasteiger partial charge in [0.2, 0.25) is 0 Å². The van der Waals surface area contributed by atoms with Crippen LogP contribution in [0.5, 0.6) is 0 Å². The molecule has 1 aromatic carbocycles. The van der Waals surface area contributed by atoms with Gasteiger partial charge in [-0.3, -0.25) is 4.90 Å². The van der Waals surface area contributed by atoms with Gasteiger partial charge < -0.3 is 5.32 Å². The molecule has 0 radical (unpaired) electrons. The Bertz CT molecular complexity index is 696. The molecule has 1 heterocycles. The van der Waals surface area contributed by atoms with Crippen LogP contribution < -0.4 is 10.2 Å². The molecule has 1 saturated carbocycles. The molecule has 1 aromatic heterocycles. The minimum Gasteiger partial charge on any atom is -0.308 e. The Labute approximate surface area is 142 Å². The van der Waals surface area contributed by atoms with Gasteiger partial charge in [0.25, 0.3) is 0 Å². The number of amides is 2. The van der Waals surface area contributed by atoms with E-state index >= 15 is 0 Å². The first-order chi connectivity index (χ1) is 11.4. The third-order valence-electron chi connectivity index (χ3n) is 4.17. The summed E-state index contributed by atoms with van der Waals surface area (Å²) in [6, 6.07) is 6.13. The fourth-order valence-corrected chi connectivity index (χ4v) is 3.26. The van der Waals surface area contributed by atoms with Gasteiger partial charge >= 0.3 is 12.2 Å². The number of hydrogen-bond donors (Lipinski definition) is 1. The molecule has 3 nitrogen and oxygen atoms in total. The van der Waals surface area contributed by atoms with Crippen molar-refractivity contribution >= 4 is 28.7 Å². The molecule has 0 spiro atoms. The predicted octanol–water partition coefficient (Wildman–Crippen LogP) is 5.61. The van der Waals surface area contributed by atoms with Crippen LogP contribution in [0.3, 0.4) is 0 Å². The van der Waals surface area contributed by atoms with Crippen LogP contribution in [0.2, 0.25) is 0 Å². The summed E-state index contributed by atoms with van der Waals surface area (Å²) in [7, 11) is 0. The number of anilines is 2. The van der Waals surface area contributed by atoms with E-state index in [0.29, 0.717) is 12.5 Å². The molecule has 1 aliphatic carbocycles. The Morgan fingerprint density at radius 1 is 1.29 bits per heavy atom. The van der Waals surface area contributed by atoms with Crippen molar-refractivity contribution in [2.75, 3.05) is 16.8 Å². The lowest BCUT2D eigenvalue weighted by Gasteiger charge is -2.32. The standard InChI is InChI=1S/C17H17F3N2OS/c18-17(19,20)13-5-2-6-14(9-13)21-16(23)22(10-12-3-1-4-12)15-7-8-24-11-15/h2,5-9,11-12H,1,3-4,10H2,(H,21,23). The van der Waals surface area contributed by atoms with E-state index in [1.807, 2.05) is 16.8 Å². The van der Waals surface area contributed by atoms with Gasteiger partial charge in [-0.1, -0.05) is 12.5 Å². The molecule has 0 aliphatic heterocycles. The highest BCUT2D eigenvalue weighted by Gasteiger charge is 2.31. The molecule has 1 aliphatic rings. The van der Waals surface area contributed by atoms with Crippen molar-refractivity contribution in [3.8, 4) is 0 Å². The molecule has 0 saturated heterocycles. The second-order valence-corrected chi connectivity index (χ2v) is 6.68. The Kier molecular flexibility index (Phi) is 4.80. The monoisotopic (exact) mass is 354 g/mol. The van der Waals surface area contributed by atoms with Gasteiger partial charge in [-0.05, 0) is 48.4 Å². The smallest absolute Gasteiger partial charge is 0.308 e. The molecule has 1 N–H and O–H groups in total. The second-order valence-electron chi connectivity index (χ2n) is 5.90. The van der Waals surface area contributed by atoms with Crippen molar-refractivity contribution in [3.05, 3.63) is 46.7 Å². The Hall–Kier alpha value is -2.02. The van der Waals surface area contributed by atoms with Gasteiger partial charge in [0, 0.05) is 17.6 Å². The number of alkyl halides is 3. The summed E-state index contributed by atoms with van der Waals surface area (Å²) in [5.74, 6) is 0.456. The minimum atomic E-state index is -4.43. The van der Waals surface area contributed by atoms with Crippen LogP contribution in [0, 0.1) is 5.92 Å². The lowest BCUT2D eigenvalue weighted by Crippen LogP contribution is -2.40. The van der Waals surface area contributed by atoms with Crippen LogP contribution in [0.15, 0.2) is 41.1 Å². The maximum Gasteiger partial charge on any atom is 0.416 e. The van der Waals surface area contributed by atoms with E-state index < -0.39 is 17.8 Å². The van der Waals surface area contributed by atoms with E-state index in [2.05, 4.69) is 5.32 Å². The summed E-state index contributed by atoms with van der Waals surface area (Å²) in [5, 5.41) is 6.33. The number of rotatable bonds is 4. The molecule has 0 bridgehead atoms. The first kappa shape index (κ1) is 16.8. The van der Waals surface area contributed by atoms with Crippen molar-refractivity contribution in [3.63, 3.8) is 0 Å². The SMILES string of the molecule is O=C(Nc1cccc(C(F)(F)F)c1)N(CC1CCC1)c1ccsc1. The average Bonchev–Trinajstić information content (AvgIpc) is 2.99. The van der Waals surface area contributed by atoms with E-state index in [-0.39, 0.29) is 5.69 Å². The number of hydrogen-bond acceptors (Lipinski definition) is 2. The van der Waals surface area contributed by atoms with Gasteiger partial charge in [-0.2, -0.15) is 24.5 Å². The van der Waals surface area contributed by atoms with Crippen LogP contribution >= 0.6 is 11.3 Å². The average molecular weight is 354 g/mol. The third-order valence-corrected chi connectivity index (χ3v) is 4.84. The van der Waals surface area contributed by atoms with Gasteiger partial charge in [-0.25, -0.2) is 4.79 Å². The van der Waals surface area contributed by atoms with Crippen LogP contribution in [0.1, 0.15) is 24.8 Å². The Morgan fingerprint density at radius 3 is 2.67 bits per heavy atom. The fourth-order valence-electron chi connectivity index (χ4n) is 2.61. The summed E-state index contributed by atoms with van der Waals surface area (Å²) >= 11 is 1.48. The zero-order valence-electron chi connectivity index (χ0n) is 12.8. The highest BCUT2D eigenvalue weighted by atomic mass is 32.1. The van der Waals surface area contributed by atoms with Gasteiger partial charge in [0.05, 0.1) is 11.3 Å². The van der Waals surface area contributed by atoms with E-state index in [1.54, 1.807) is 4.90 Å². The van der Waals surface area contributed by atoms with Crippen molar-refractivity contribution in [1.29, 1.82) is 0 Å². The molecule has 1 fully saturated rings. The van der Waals surface area contributed by atoms with Gasteiger partial charge in [-0.15, -0.1) is 0 Å². The molecule has 2 aromatic rings. The van der Waals surface area contributed by atoms with Crippen LogP contribution in [-0.4, -0.2) is 12.6 Å². The molecule has 128 valence electrons. The largest absolute Gasteiger partial charge is 0.416 e. The summed E-state index contributed by atoms with van der Waals surface area (Å²) in [4.78, 5) is 14.2. The fraction of sp³-hybridized carbons (Fsp3) is 0.353. The second kappa shape index (κ2) is 6.84. The maximum atomic E-state index is 12.8. The number of thiophene rings is 1. The summed E-state index contributed by atoms with van der Waals surface area (Å²) in [5.41, 5.74) is 0.140. The topological polar surface area (TPSA) is 32.3 Å². The van der Waals surface area contributed by atoms with Gasteiger partial charge in [0.15, 0.2) is 0 Å².